The van der Waals surface area contributed by atoms with E-state index in [1.807, 2.05) is 36.5 Å². The first kappa shape index (κ1) is 16.8. The Morgan fingerprint density at radius 1 is 1.15 bits per heavy atom. The van der Waals surface area contributed by atoms with Gasteiger partial charge in [0.1, 0.15) is 11.6 Å². The van der Waals surface area contributed by atoms with Crippen LogP contribution in [0.2, 0.25) is 0 Å². The van der Waals surface area contributed by atoms with Crippen molar-refractivity contribution < 1.29 is 4.74 Å². The zero-order chi connectivity index (χ0) is 17.8. The number of ether oxygens (including phenoxy) is 1. The Hall–Kier alpha value is -2.66. The molecule has 134 valence electrons. The predicted molar refractivity (Wildman–Crippen MR) is 104 cm³/mol. The molecule has 2 aromatic carbocycles. The predicted octanol–water partition coefficient (Wildman–Crippen LogP) is 3.71. The fourth-order valence-corrected chi connectivity index (χ4v) is 3.58. The van der Waals surface area contributed by atoms with Crippen molar-refractivity contribution in [2.75, 3.05) is 25.5 Å². The molecular formula is C21H24N4O. The minimum Gasteiger partial charge on any atom is -0.497 e. The maximum absolute atomic E-state index is 5.33. The Morgan fingerprint density at radius 2 is 2.04 bits per heavy atom. The lowest BCUT2D eigenvalue weighted by atomic mass is 10.0. The molecule has 5 nitrogen and oxygen atoms in total. The highest BCUT2D eigenvalue weighted by Gasteiger charge is 2.20. The number of likely N-dealkylation sites (tertiary alicyclic amines) is 1. The van der Waals surface area contributed by atoms with E-state index in [0.717, 1.165) is 48.7 Å². The molecule has 0 unspecified atom stereocenters. The molecule has 0 bridgehead atoms. The van der Waals surface area contributed by atoms with Crippen LogP contribution in [0.4, 0.5) is 5.82 Å². The number of piperidine rings is 1. The molecule has 26 heavy (non-hydrogen) atoms. The number of anilines is 1. The zero-order valence-electron chi connectivity index (χ0n) is 15.1. The lowest BCUT2D eigenvalue weighted by Crippen LogP contribution is -2.41. The van der Waals surface area contributed by atoms with Gasteiger partial charge < -0.3 is 10.1 Å². The summed E-state index contributed by atoms with van der Waals surface area (Å²) in [5, 5.41) is 3.57. The molecule has 0 aliphatic carbocycles. The molecule has 1 atom stereocenters. The van der Waals surface area contributed by atoms with Crippen LogP contribution in [0, 0.1) is 0 Å². The second kappa shape index (κ2) is 7.70. The van der Waals surface area contributed by atoms with Gasteiger partial charge in [0.2, 0.25) is 0 Å². The van der Waals surface area contributed by atoms with Gasteiger partial charge >= 0.3 is 0 Å². The fourth-order valence-electron chi connectivity index (χ4n) is 3.58. The summed E-state index contributed by atoms with van der Waals surface area (Å²) in [4.78, 5) is 11.7. The van der Waals surface area contributed by atoms with Crippen LogP contribution in [0.1, 0.15) is 18.4 Å². The Morgan fingerprint density at radius 3 is 2.92 bits per heavy atom. The van der Waals surface area contributed by atoms with Crippen molar-refractivity contribution in [1.82, 2.24) is 14.9 Å². The van der Waals surface area contributed by atoms with Gasteiger partial charge in [-0.3, -0.25) is 9.88 Å². The molecule has 1 saturated heterocycles. The van der Waals surface area contributed by atoms with Crippen LogP contribution in [0.25, 0.3) is 11.0 Å². The first-order valence-corrected chi connectivity index (χ1v) is 9.14. The molecule has 5 heteroatoms. The quantitative estimate of drug-likeness (QED) is 0.762. The van der Waals surface area contributed by atoms with E-state index in [1.54, 1.807) is 7.11 Å². The summed E-state index contributed by atoms with van der Waals surface area (Å²) in [5.74, 6) is 1.78. The monoisotopic (exact) mass is 348 g/mol. The Balaban J connectivity index is 1.41. The molecule has 0 radical (unpaired) electrons. The number of hydrogen-bond donors (Lipinski definition) is 1. The van der Waals surface area contributed by atoms with E-state index in [1.165, 1.54) is 12.0 Å². The van der Waals surface area contributed by atoms with Crippen LogP contribution in [0.15, 0.2) is 54.7 Å². The summed E-state index contributed by atoms with van der Waals surface area (Å²) in [6.07, 6.45) is 4.18. The highest BCUT2D eigenvalue weighted by molar-refractivity contribution is 5.75. The van der Waals surface area contributed by atoms with E-state index in [4.69, 9.17) is 9.72 Å². The molecule has 1 fully saturated rings. The van der Waals surface area contributed by atoms with E-state index >= 15 is 0 Å². The van der Waals surface area contributed by atoms with Crippen LogP contribution < -0.4 is 10.1 Å². The van der Waals surface area contributed by atoms with Crippen molar-refractivity contribution in [3.63, 3.8) is 0 Å². The number of hydrogen-bond acceptors (Lipinski definition) is 5. The third-order valence-electron chi connectivity index (χ3n) is 4.85. The van der Waals surface area contributed by atoms with E-state index in [9.17, 15) is 0 Å². The summed E-state index contributed by atoms with van der Waals surface area (Å²) in [5.41, 5.74) is 3.15. The molecule has 0 spiro atoms. The maximum atomic E-state index is 5.33. The molecule has 2 heterocycles. The van der Waals surface area contributed by atoms with Gasteiger partial charge in [0.05, 0.1) is 24.3 Å². The van der Waals surface area contributed by atoms with Crippen LogP contribution >= 0.6 is 0 Å². The van der Waals surface area contributed by atoms with E-state index in [0.29, 0.717) is 6.04 Å². The minimum absolute atomic E-state index is 0.393. The van der Waals surface area contributed by atoms with Crippen molar-refractivity contribution >= 4 is 16.9 Å². The molecule has 1 aliphatic heterocycles. The minimum atomic E-state index is 0.393. The van der Waals surface area contributed by atoms with Gasteiger partial charge in [-0.05, 0) is 49.2 Å². The second-order valence-electron chi connectivity index (χ2n) is 6.81. The Kier molecular flexibility index (Phi) is 4.97. The van der Waals surface area contributed by atoms with E-state index < -0.39 is 0 Å². The van der Waals surface area contributed by atoms with Crippen LogP contribution in [0.3, 0.4) is 0 Å². The number of fused-ring (bicyclic) bond motifs is 1. The average Bonchev–Trinajstić information content (AvgIpc) is 2.68. The van der Waals surface area contributed by atoms with Gasteiger partial charge in [0, 0.05) is 19.1 Å². The molecular weight excluding hydrogens is 324 g/mol. The maximum Gasteiger partial charge on any atom is 0.145 e. The summed E-state index contributed by atoms with van der Waals surface area (Å²) in [7, 11) is 1.71. The van der Waals surface area contributed by atoms with Gasteiger partial charge in [-0.1, -0.05) is 24.3 Å². The van der Waals surface area contributed by atoms with Crippen LogP contribution in [-0.2, 0) is 6.54 Å². The van der Waals surface area contributed by atoms with Crippen molar-refractivity contribution in [2.45, 2.75) is 25.4 Å². The van der Waals surface area contributed by atoms with Gasteiger partial charge in [-0.15, -0.1) is 0 Å². The number of benzene rings is 2. The summed E-state index contributed by atoms with van der Waals surface area (Å²) < 4.78 is 5.33. The van der Waals surface area contributed by atoms with Gasteiger partial charge in [0.15, 0.2) is 0 Å². The van der Waals surface area contributed by atoms with Gasteiger partial charge in [-0.2, -0.15) is 0 Å². The van der Waals surface area contributed by atoms with Crippen molar-refractivity contribution in [2.24, 2.45) is 0 Å². The largest absolute Gasteiger partial charge is 0.497 e. The van der Waals surface area contributed by atoms with Crippen molar-refractivity contribution in [3.8, 4) is 5.75 Å². The number of aromatic nitrogens is 2. The first-order valence-electron chi connectivity index (χ1n) is 9.14. The first-order chi connectivity index (χ1) is 12.8. The number of nitrogens with zero attached hydrogens (tertiary/aromatic N) is 3. The topological polar surface area (TPSA) is 50.3 Å². The van der Waals surface area contributed by atoms with Crippen molar-refractivity contribution in [1.29, 1.82) is 0 Å². The zero-order valence-corrected chi connectivity index (χ0v) is 15.1. The highest BCUT2D eigenvalue weighted by Crippen LogP contribution is 2.20. The average molecular weight is 348 g/mol. The normalized spacial score (nSPS) is 18.0. The molecule has 0 amide bonds. The molecule has 1 aromatic heterocycles. The standard InChI is InChI=1S/C21H24N4O/c1-26-18-8-4-6-16(12-18)14-25-11-5-7-17(15-25)23-21-13-22-19-9-2-3-10-20(19)24-21/h2-4,6,8-10,12-13,17H,5,7,11,14-15H2,1H3,(H,23,24)/t17-/m1/s1. The SMILES string of the molecule is COc1cccc(CN2CCC[C@@H](Nc3cnc4ccccc4n3)C2)c1. The molecule has 1 N–H and O–H groups in total. The summed E-state index contributed by atoms with van der Waals surface area (Å²) >= 11 is 0. The van der Waals surface area contributed by atoms with Gasteiger partial charge in [-0.25, -0.2) is 4.98 Å². The fraction of sp³-hybridized carbons (Fsp3) is 0.333. The molecule has 0 saturated carbocycles. The van der Waals surface area contributed by atoms with Crippen LogP contribution in [0.5, 0.6) is 5.75 Å². The molecule has 1 aliphatic rings. The summed E-state index contributed by atoms with van der Waals surface area (Å²) in [6, 6.07) is 16.7. The molecule has 4 rings (SSSR count). The lowest BCUT2D eigenvalue weighted by molar-refractivity contribution is 0.208. The second-order valence-corrected chi connectivity index (χ2v) is 6.81. The summed E-state index contributed by atoms with van der Waals surface area (Å²) in [6.45, 7) is 3.07. The Bertz CT molecular complexity index is 883. The smallest absolute Gasteiger partial charge is 0.145 e. The highest BCUT2D eigenvalue weighted by atomic mass is 16.5. The third-order valence-corrected chi connectivity index (χ3v) is 4.85. The number of nitrogens with one attached hydrogen (secondary N) is 1. The lowest BCUT2D eigenvalue weighted by Gasteiger charge is -2.33. The Labute approximate surface area is 154 Å². The number of rotatable bonds is 5. The number of methoxy groups -OCH3 is 1. The third kappa shape index (κ3) is 3.94. The number of para-hydroxylation sites is 2. The van der Waals surface area contributed by atoms with E-state index in [2.05, 4.69) is 33.4 Å². The molecule has 3 aromatic rings. The van der Waals surface area contributed by atoms with E-state index in [-0.39, 0.29) is 0 Å². The van der Waals surface area contributed by atoms with Gasteiger partial charge in [0.25, 0.3) is 0 Å². The van der Waals surface area contributed by atoms with Crippen LogP contribution in [-0.4, -0.2) is 41.1 Å². The van der Waals surface area contributed by atoms with Crippen molar-refractivity contribution in [3.05, 3.63) is 60.3 Å².